The largest absolute Gasteiger partial charge is 0.311 e. The normalized spacial score (nSPS) is 11.0. The van der Waals surface area contributed by atoms with Crippen LogP contribution in [0, 0.1) is 0 Å². The molecule has 0 spiro atoms. The lowest BCUT2D eigenvalue weighted by Crippen LogP contribution is -2.11. The van der Waals surface area contributed by atoms with Crippen molar-refractivity contribution in [3.05, 3.63) is 231 Å². The van der Waals surface area contributed by atoms with Gasteiger partial charge in [-0.3, -0.25) is 0 Å². The molecule has 0 amide bonds. The molecule has 9 rings (SSSR count). The van der Waals surface area contributed by atoms with Crippen LogP contribution in [0.3, 0.4) is 0 Å². The van der Waals surface area contributed by atoms with Crippen molar-refractivity contribution in [1.29, 1.82) is 0 Å². The van der Waals surface area contributed by atoms with Gasteiger partial charge in [0.1, 0.15) is 0 Å². The minimum Gasteiger partial charge on any atom is -0.311 e. The summed E-state index contributed by atoms with van der Waals surface area (Å²) in [7, 11) is 0. The molecular formula is C52H38N2. The highest BCUT2D eigenvalue weighted by Gasteiger charge is 2.20. The van der Waals surface area contributed by atoms with Gasteiger partial charge < -0.3 is 9.80 Å². The molecule has 0 saturated heterocycles. The summed E-state index contributed by atoms with van der Waals surface area (Å²) in [5.74, 6) is 0. The van der Waals surface area contributed by atoms with Gasteiger partial charge in [-0.2, -0.15) is 0 Å². The van der Waals surface area contributed by atoms with Gasteiger partial charge in [-0.15, -0.1) is 0 Å². The second-order valence-electron chi connectivity index (χ2n) is 13.4. The van der Waals surface area contributed by atoms with Gasteiger partial charge in [0.25, 0.3) is 0 Å². The molecule has 0 aliphatic rings. The fourth-order valence-electron chi connectivity index (χ4n) is 7.44. The van der Waals surface area contributed by atoms with Crippen LogP contribution in [0.4, 0.5) is 34.1 Å². The quantitative estimate of drug-likeness (QED) is 0.149. The molecule has 0 aromatic heterocycles. The predicted molar refractivity (Wildman–Crippen MR) is 230 cm³/mol. The number of hydrogen-bond donors (Lipinski definition) is 0. The van der Waals surface area contributed by atoms with Crippen molar-refractivity contribution in [3.8, 4) is 33.4 Å². The van der Waals surface area contributed by atoms with Gasteiger partial charge in [0.15, 0.2) is 0 Å². The Bertz CT molecular complexity index is 2580. The molecule has 9 aromatic rings. The Kier molecular flexibility index (Phi) is 8.99. The molecule has 2 heteroatoms. The van der Waals surface area contributed by atoms with Crippen LogP contribution in [0.1, 0.15) is 0 Å². The van der Waals surface area contributed by atoms with Gasteiger partial charge >= 0.3 is 0 Å². The highest BCUT2D eigenvalue weighted by Crippen LogP contribution is 2.45. The van der Waals surface area contributed by atoms with E-state index in [-0.39, 0.29) is 0 Å². The first-order chi connectivity index (χ1) is 26.8. The van der Waals surface area contributed by atoms with E-state index in [1.165, 1.54) is 44.2 Å². The minimum atomic E-state index is 1.10. The van der Waals surface area contributed by atoms with Gasteiger partial charge in [-0.25, -0.2) is 0 Å². The molecule has 0 saturated carbocycles. The van der Waals surface area contributed by atoms with Crippen molar-refractivity contribution < 1.29 is 0 Å². The molecule has 0 heterocycles. The number of hydrogen-bond acceptors (Lipinski definition) is 2. The molecule has 0 fully saturated rings. The molecule has 0 aliphatic heterocycles. The lowest BCUT2D eigenvalue weighted by Gasteiger charge is -2.29. The van der Waals surface area contributed by atoms with E-state index in [1.807, 2.05) is 0 Å². The van der Waals surface area contributed by atoms with E-state index in [2.05, 4.69) is 240 Å². The number of rotatable bonds is 9. The maximum absolute atomic E-state index is 2.39. The van der Waals surface area contributed by atoms with Crippen molar-refractivity contribution in [3.63, 3.8) is 0 Å². The molecule has 2 nitrogen and oxygen atoms in total. The Balaban J connectivity index is 1.06. The van der Waals surface area contributed by atoms with E-state index >= 15 is 0 Å². The number of para-hydroxylation sites is 3. The third-order valence-electron chi connectivity index (χ3n) is 10.0. The van der Waals surface area contributed by atoms with E-state index < -0.39 is 0 Å². The first kappa shape index (κ1) is 32.7. The molecule has 0 N–H and O–H groups in total. The molecule has 0 aliphatic carbocycles. The summed E-state index contributed by atoms with van der Waals surface area (Å²) in [6.45, 7) is 0. The minimum absolute atomic E-state index is 1.10. The van der Waals surface area contributed by atoms with Crippen LogP contribution >= 0.6 is 0 Å². The van der Waals surface area contributed by atoms with Crippen LogP contribution < -0.4 is 9.80 Å². The van der Waals surface area contributed by atoms with Gasteiger partial charge in [0.05, 0.1) is 5.69 Å². The lowest BCUT2D eigenvalue weighted by molar-refractivity contribution is 1.28. The van der Waals surface area contributed by atoms with Crippen molar-refractivity contribution in [1.82, 2.24) is 0 Å². The zero-order chi connectivity index (χ0) is 36.1. The van der Waals surface area contributed by atoms with Crippen LogP contribution in [0.2, 0.25) is 0 Å². The Morgan fingerprint density at radius 3 is 1.26 bits per heavy atom. The second-order valence-corrected chi connectivity index (χ2v) is 13.4. The standard InChI is InChI=1S/C52H38N2/c1-5-17-43(18-6-1)52-50-27-14-13-16-42(50)34-37-51(52)54(47-24-11-4-12-25-47)49-26-15-19-44(38-49)41-30-28-39(29-31-41)40-32-35-48(36-33-40)53(45-20-7-2-8-21-45)46-22-9-3-10-23-46/h1-38H. The molecule has 9 aromatic carbocycles. The zero-order valence-electron chi connectivity index (χ0n) is 29.8. The highest BCUT2D eigenvalue weighted by molar-refractivity contribution is 6.05. The maximum Gasteiger partial charge on any atom is 0.0546 e. The van der Waals surface area contributed by atoms with E-state index in [0.717, 1.165) is 34.1 Å². The van der Waals surface area contributed by atoms with Crippen LogP contribution in [0.5, 0.6) is 0 Å². The van der Waals surface area contributed by atoms with E-state index in [1.54, 1.807) is 0 Å². The first-order valence-electron chi connectivity index (χ1n) is 18.4. The molecule has 256 valence electrons. The van der Waals surface area contributed by atoms with Crippen LogP contribution in [0.15, 0.2) is 231 Å². The summed E-state index contributed by atoms with van der Waals surface area (Å²) in [4.78, 5) is 4.68. The summed E-state index contributed by atoms with van der Waals surface area (Å²) < 4.78 is 0. The van der Waals surface area contributed by atoms with E-state index in [0.29, 0.717) is 0 Å². The monoisotopic (exact) mass is 690 g/mol. The fraction of sp³-hybridized carbons (Fsp3) is 0. The molecule has 0 unspecified atom stereocenters. The summed E-state index contributed by atoms with van der Waals surface area (Å²) >= 11 is 0. The SMILES string of the molecule is c1ccc(-c2c(N(c3ccccc3)c3cccc(-c4ccc(-c5ccc(N(c6ccccc6)c6ccccc6)cc5)cc4)c3)ccc3ccccc23)cc1. The Morgan fingerprint density at radius 1 is 0.241 bits per heavy atom. The van der Waals surface area contributed by atoms with Gasteiger partial charge in [-0.1, -0.05) is 164 Å². The molecule has 0 atom stereocenters. The summed E-state index contributed by atoms with van der Waals surface area (Å²) in [6, 6.07) is 82.4. The van der Waals surface area contributed by atoms with Crippen molar-refractivity contribution in [2.45, 2.75) is 0 Å². The maximum atomic E-state index is 2.39. The number of nitrogens with zero attached hydrogens (tertiary/aromatic N) is 2. The summed E-state index contributed by atoms with van der Waals surface area (Å²) in [5.41, 5.74) is 13.8. The number of fused-ring (bicyclic) bond motifs is 1. The average molecular weight is 691 g/mol. The number of benzene rings is 9. The molecule has 54 heavy (non-hydrogen) atoms. The highest BCUT2D eigenvalue weighted by atomic mass is 15.1. The number of anilines is 6. The Labute approximate surface area is 317 Å². The fourth-order valence-corrected chi connectivity index (χ4v) is 7.44. The second kappa shape index (κ2) is 14.8. The predicted octanol–water partition coefficient (Wildman–Crippen LogP) is 14.8. The zero-order valence-corrected chi connectivity index (χ0v) is 29.8. The third-order valence-corrected chi connectivity index (χ3v) is 10.0. The molecular weight excluding hydrogens is 653 g/mol. The Morgan fingerprint density at radius 2 is 0.667 bits per heavy atom. The lowest BCUT2D eigenvalue weighted by atomic mass is 9.95. The van der Waals surface area contributed by atoms with Crippen molar-refractivity contribution in [2.24, 2.45) is 0 Å². The first-order valence-corrected chi connectivity index (χ1v) is 18.4. The Hall–Kier alpha value is -7.16. The van der Waals surface area contributed by atoms with Crippen LogP contribution in [0.25, 0.3) is 44.2 Å². The van der Waals surface area contributed by atoms with Crippen LogP contribution in [-0.4, -0.2) is 0 Å². The van der Waals surface area contributed by atoms with Crippen molar-refractivity contribution in [2.75, 3.05) is 9.80 Å². The molecule has 0 radical (unpaired) electrons. The summed E-state index contributed by atoms with van der Waals surface area (Å²) in [5, 5.41) is 2.45. The van der Waals surface area contributed by atoms with Crippen molar-refractivity contribution >= 4 is 44.9 Å². The van der Waals surface area contributed by atoms with Gasteiger partial charge in [0.2, 0.25) is 0 Å². The third kappa shape index (κ3) is 6.53. The smallest absolute Gasteiger partial charge is 0.0546 e. The van der Waals surface area contributed by atoms with Gasteiger partial charge in [-0.05, 0) is 105 Å². The van der Waals surface area contributed by atoms with E-state index in [4.69, 9.17) is 0 Å². The molecule has 0 bridgehead atoms. The average Bonchev–Trinajstić information content (AvgIpc) is 3.26. The van der Waals surface area contributed by atoms with Crippen LogP contribution in [-0.2, 0) is 0 Å². The summed E-state index contributed by atoms with van der Waals surface area (Å²) in [6.07, 6.45) is 0. The van der Waals surface area contributed by atoms with E-state index in [9.17, 15) is 0 Å². The topological polar surface area (TPSA) is 6.48 Å². The van der Waals surface area contributed by atoms with Gasteiger partial charge in [0, 0.05) is 34.0 Å².